The molecule has 3 amide bonds. The van der Waals surface area contributed by atoms with Crippen LogP contribution in [-0.2, 0) is 19.2 Å². The number of carbonyl (C=O) groups excluding carboxylic acids is 3. The van der Waals surface area contributed by atoms with Gasteiger partial charge in [-0.3, -0.25) is 14.4 Å². The Labute approximate surface area is 182 Å². The van der Waals surface area contributed by atoms with Crippen LogP contribution in [0.5, 0.6) is 0 Å². The van der Waals surface area contributed by atoms with Crippen LogP contribution in [0.3, 0.4) is 0 Å². The first kappa shape index (κ1) is 23.5. The van der Waals surface area contributed by atoms with E-state index in [0.717, 1.165) is 0 Å². The van der Waals surface area contributed by atoms with E-state index in [-0.39, 0.29) is 28.8 Å². The van der Waals surface area contributed by atoms with Crippen molar-refractivity contribution in [2.75, 3.05) is 20.6 Å². The van der Waals surface area contributed by atoms with Crippen molar-refractivity contribution >= 4 is 35.5 Å². The molecule has 0 bridgehead atoms. The van der Waals surface area contributed by atoms with Crippen molar-refractivity contribution in [2.24, 2.45) is 11.8 Å². The van der Waals surface area contributed by atoms with Crippen LogP contribution in [0.4, 0.5) is 8.78 Å². The van der Waals surface area contributed by atoms with E-state index in [1.165, 1.54) is 28.5 Å². The third-order valence-electron chi connectivity index (χ3n) is 6.02. The molecule has 6 atom stereocenters. The zero-order valence-electron chi connectivity index (χ0n) is 17.6. The molecule has 1 unspecified atom stereocenters. The summed E-state index contributed by atoms with van der Waals surface area (Å²) in [5.74, 6) is -4.38. The highest BCUT2D eigenvalue weighted by Gasteiger charge is 2.60. The van der Waals surface area contributed by atoms with Crippen molar-refractivity contribution in [2.45, 2.75) is 50.1 Å². The first-order valence-corrected chi connectivity index (χ1v) is 10.8. The Hall–Kier alpha value is -2.21. The Kier molecular flexibility index (Phi) is 6.61. The minimum absolute atomic E-state index is 0.0519. The van der Waals surface area contributed by atoms with Crippen molar-refractivity contribution in [1.82, 2.24) is 20.4 Å². The van der Waals surface area contributed by atoms with Gasteiger partial charge in [0.15, 0.2) is 0 Å². The molecule has 172 valence electrons. The molecule has 0 aromatic carbocycles. The zero-order valence-corrected chi connectivity index (χ0v) is 18.4. The molecule has 3 aliphatic rings. The maximum absolute atomic E-state index is 12.7. The smallest absolute Gasteiger partial charge is 0.353 e. The van der Waals surface area contributed by atoms with E-state index in [1.807, 2.05) is 0 Å². The number of rotatable bonds is 7. The molecule has 12 heteroatoms. The van der Waals surface area contributed by atoms with Gasteiger partial charge in [0, 0.05) is 42.8 Å². The summed E-state index contributed by atoms with van der Waals surface area (Å²) in [6.45, 7) is 3.78. The third kappa shape index (κ3) is 4.14. The average molecular weight is 461 g/mol. The van der Waals surface area contributed by atoms with Crippen LogP contribution in [0.1, 0.15) is 20.3 Å². The summed E-state index contributed by atoms with van der Waals surface area (Å²) in [6.07, 6.45) is -2.67. The van der Waals surface area contributed by atoms with Crippen molar-refractivity contribution in [3.63, 3.8) is 0 Å². The molecule has 0 aromatic rings. The van der Waals surface area contributed by atoms with Gasteiger partial charge in [-0.15, -0.1) is 11.8 Å². The molecule has 3 aliphatic heterocycles. The molecule has 9 nitrogen and oxygen atoms in total. The molecule has 0 saturated carbocycles. The van der Waals surface area contributed by atoms with Crippen LogP contribution in [0.2, 0.25) is 0 Å². The molecule has 3 rings (SSSR count). The van der Waals surface area contributed by atoms with Gasteiger partial charge >= 0.3 is 12.4 Å². The summed E-state index contributed by atoms with van der Waals surface area (Å²) >= 11 is 1.34. The highest BCUT2D eigenvalue weighted by atomic mass is 32.2. The first-order valence-electron chi connectivity index (χ1n) is 9.95. The second kappa shape index (κ2) is 8.73. The summed E-state index contributed by atoms with van der Waals surface area (Å²) < 4.78 is 25.2. The Morgan fingerprint density at radius 2 is 1.97 bits per heavy atom. The normalized spacial score (nSPS) is 30.9. The molecular weight excluding hydrogens is 434 g/mol. The number of carbonyl (C=O) groups is 4. The molecule has 3 N–H and O–H groups in total. The van der Waals surface area contributed by atoms with Gasteiger partial charge in [0.05, 0.1) is 18.0 Å². The standard InChI is InChI=1S/C19H26F2N4O5S/c1-7-12-11(8(2)23-16(26)15(20)21)18(28)25(12)13(19(29)30)14(7)31-9-5-10(22-6-9)17(27)24(3)4/h7-12,15,22H,5-6H2,1-4H3,(H,23,26)(H,29,30)/t7-,8?,9+,10-,11-,12-/m1/s1. The lowest BCUT2D eigenvalue weighted by atomic mass is 9.78. The summed E-state index contributed by atoms with van der Waals surface area (Å²) in [4.78, 5) is 51.4. The number of likely N-dealkylation sites (N-methyl/N-ethyl adjacent to an activating group) is 1. The summed E-state index contributed by atoms with van der Waals surface area (Å²) in [5.41, 5.74) is -0.0986. The number of nitrogens with zero attached hydrogens (tertiary/aromatic N) is 2. The number of fused-ring (bicyclic) bond motifs is 1. The van der Waals surface area contributed by atoms with Crippen LogP contribution < -0.4 is 10.6 Å². The van der Waals surface area contributed by atoms with Gasteiger partial charge in [0.1, 0.15) is 5.70 Å². The average Bonchev–Trinajstić information content (AvgIpc) is 3.23. The van der Waals surface area contributed by atoms with E-state index in [2.05, 4.69) is 10.6 Å². The van der Waals surface area contributed by atoms with E-state index in [4.69, 9.17) is 0 Å². The predicted octanol–water partition coefficient (Wildman–Crippen LogP) is 0.0810. The molecule has 2 fully saturated rings. The van der Waals surface area contributed by atoms with Crippen LogP contribution in [0.25, 0.3) is 0 Å². The molecule has 0 aliphatic carbocycles. The van der Waals surface area contributed by atoms with Gasteiger partial charge in [0.25, 0.3) is 5.91 Å². The van der Waals surface area contributed by atoms with Gasteiger partial charge in [-0.25, -0.2) is 4.79 Å². The van der Waals surface area contributed by atoms with Gasteiger partial charge in [0.2, 0.25) is 11.8 Å². The summed E-state index contributed by atoms with van der Waals surface area (Å²) in [5, 5.41) is 15.0. The quantitative estimate of drug-likeness (QED) is 0.461. The van der Waals surface area contributed by atoms with Crippen LogP contribution in [0.15, 0.2) is 10.6 Å². The Morgan fingerprint density at radius 3 is 2.52 bits per heavy atom. The number of amides is 3. The largest absolute Gasteiger partial charge is 0.477 e. The van der Waals surface area contributed by atoms with E-state index in [9.17, 15) is 33.1 Å². The van der Waals surface area contributed by atoms with Crippen molar-refractivity contribution in [1.29, 1.82) is 0 Å². The predicted molar refractivity (Wildman–Crippen MR) is 108 cm³/mol. The van der Waals surface area contributed by atoms with Crippen molar-refractivity contribution in [3.05, 3.63) is 10.6 Å². The first-order chi connectivity index (χ1) is 14.5. The monoisotopic (exact) mass is 460 g/mol. The number of hydrogen-bond donors (Lipinski definition) is 3. The second-order valence-electron chi connectivity index (χ2n) is 8.30. The lowest BCUT2D eigenvalue weighted by Gasteiger charge is -2.47. The van der Waals surface area contributed by atoms with Gasteiger partial charge < -0.3 is 25.5 Å². The number of carboxylic acid groups (broad SMARTS) is 1. The molecule has 3 heterocycles. The molecule has 0 radical (unpaired) electrons. The Bertz CT molecular complexity index is 836. The van der Waals surface area contributed by atoms with Crippen LogP contribution >= 0.6 is 11.8 Å². The van der Waals surface area contributed by atoms with Gasteiger partial charge in [-0.05, 0) is 13.3 Å². The number of β-lactam (4-membered cyclic amide) rings is 1. The fourth-order valence-electron chi connectivity index (χ4n) is 4.55. The minimum Gasteiger partial charge on any atom is -0.477 e. The SMILES string of the molecule is CC(NC(=O)C(F)F)[C@H]1C(=O)N2C(C(=O)O)=C(S[C@@H]3CN[C@@H](C(=O)N(C)C)C3)[C@H](C)[C@H]12. The number of aliphatic carboxylic acids is 1. The lowest BCUT2D eigenvalue weighted by molar-refractivity contribution is -0.159. The van der Waals surface area contributed by atoms with Crippen molar-refractivity contribution in [3.8, 4) is 0 Å². The van der Waals surface area contributed by atoms with E-state index in [0.29, 0.717) is 17.9 Å². The number of halogens is 2. The molecular formula is C19H26F2N4O5S. The zero-order chi connectivity index (χ0) is 23.2. The highest BCUT2D eigenvalue weighted by molar-refractivity contribution is 8.03. The van der Waals surface area contributed by atoms with E-state index in [1.54, 1.807) is 21.0 Å². The Morgan fingerprint density at radius 1 is 1.32 bits per heavy atom. The van der Waals surface area contributed by atoms with Crippen LogP contribution in [0, 0.1) is 11.8 Å². The minimum atomic E-state index is -3.19. The maximum atomic E-state index is 12.7. The van der Waals surface area contributed by atoms with Crippen molar-refractivity contribution < 1.29 is 33.1 Å². The maximum Gasteiger partial charge on any atom is 0.353 e. The second-order valence-corrected chi connectivity index (χ2v) is 9.64. The lowest BCUT2D eigenvalue weighted by Crippen LogP contribution is -2.66. The molecule has 0 spiro atoms. The summed E-state index contributed by atoms with van der Waals surface area (Å²) in [7, 11) is 3.33. The van der Waals surface area contributed by atoms with Gasteiger partial charge in [-0.1, -0.05) is 6.92 Å². The fourth-order valence-corrected chi connectivity index (χ4v) is 6.02. The third-order valence-corrected chi connectivity index (χ3v) is 7.53. The van der Waals surface area contributed by atoms with E-state index >= 15 is 0 Å². The number of carboxylic acids is 1. The van der Waals surface area contributed by atoms with Gasteiger partial charge in [-0.2, -0.15) is 8.78 Å². The molecule has 2 saturated heterocycles. The highest BCUT2D eigenvalue weighted by Crippen LogP contribution is 2.51. The number of hydrogen-bond acceptors (Lipinski definition) is 6. The van der Waals surface area contributed by atoms with E-state index < -0.39 is 42.2 Å². The fraction of sp³-hybridized carbons (Fsp3) is 0.684. The molecule has 0 aromatic heterocycles. The number of nitrogens with one attached hydrogen (secondary N) is 2. The molecule has 31 heavy (non-hydrogen) atoms. The topological polar surface area (TPSA) is 119 Å². The number of alkyl halides is 2. The van der Waals surface area contributed by atoms with Crippen LogP contribution in [-0.4, -0.2) is 89.0 Å². The number of thioether (sulfide) groups is 1. The Balaban J connectivity index is 1.75. The summed E-state index contributed by atoms with van der Waals surface area (Å²) in [6, 6.07) is -1.73.